The van der Waals surface area contributed by atoms with Crippen LogP contribution in [0.25, 0.3) is 0 Å². The lowest BCUT2D eigenvalue weighted by atomic mass is 9.88. The van der Waals surface area contributed by atoms with Crippen LogP contribution >= 0.6 is 0 Å². The van der Waals surface area contributed by atoms with Gasteiger partial charge in [-0.2, -0.15) is 0 Å². The van der Waals surface area contributed by atoms with Gasteiger partial charge in [-0.1, -0.05) is 6.08 Å². The largest absolute Gasteiger partial charge is 0.504 e. The van der Waals surface area contributed by atoms with Crippen molar-refractivity contribution in [1.29, 1.82) is 0 Å². The number of carbonyl (C=O) groups excluding carboxylic acids is 1. The number of benzene rings is 1. The molecule has 2 heterocycles. The first-order valence-corrected chi connectivity index (χ1v) is 10.6. The number of ether oxygens (including phenoxy) is 4. The summed E-state index contributed by atoms with van der Waals surface area (Å²) in [6.45, 7) is -0.890. The zero-order valence-electron chi connectivity index (χ0n) is 17.7. The molecule has 1 fully saturated rings. The van der Waals surface area contributed by atoms with Crippen molar-refractivity contribution < 1.29 is 59.5 Å². The first-order valence-electron chi connectivity index (χ1n) is 10.6. The fraction of sp³-hybridized carbons (Fsp3) is 0.500. The van der Waals surface area contributed by atoms with Gasteiger partial charge in [0, 0.05) is 5.92 Å². The van der Waals surface area contributed by atoms with E-state index in [1.807, 2.05) is 0 Å². The minimum Gasteiger partial charge on any atom is -0.504 e. The molecule has 0 saturated carbocycles. The van der Waals surface area contributed by atoms with Crippen LogP contribution in [0.1, 0.15) is 10.4 Å². The van der Waals surface area contributed by atoms with Crippen LogP contribution in [-0.4, -0.2) is 98.0 Å². The lowest BCUT2D eigenvalue weighted by molar-refractivity contribution is -0.339. The highest BCUT2D eigenvalue weighted by atomic mass is 16.8. The van der Waals surface area contributed by atoms with Gasteiger partial charge in [-0.05, 0) is 29.8 Å². The molecular formula is C22H26O12. The summed E-state index contributed by atoms with van der Waals surface area (Å²) >= 11 is 0. The molecule has 2 aliphatic heterocycles. The van der Waals surface area contributed by atoms with Crippen molar-refractivity contribution >= 4 is 5.97 Å². The van der Waals surface area contributed by atoms with Crippen molar-refractivity contribution in [3.05, 3.63) is 47.7 Å². The highest BCUT2D eigenvalue weighted by Crippen LogP contribution is 2.41. The molecule has 12 heteroatoms. The molecule has 34 heavy (non-hydrogen) atoms. The van der Waals surface area contributed by atoms with Gasteiger partial charge in [0.25, 0.3) is 0 Å². The standard InChI is InChI=1S/C22H26O12/c23-7-15-17(27)18(28)19(29)22(33-15)34-21-16-10(6-13(25)11(16)3-4-31-21)8-32-20(30)9-1-2-12(24)14(26)5-9/h1-6,11,13,15-19,21-29H,7-8H2/t11-,13+,15?,16+,17?,18?,19?,21-,22?/m0/s1. The summed E-state index contributed by atoms with van der Waals surface area (Å²) in [7, 11) is 0. The minimum atomic E-state index is -1.65. The second-order valence-corrected chi connectivity index (χ2v) is 8.28. The van der Waals surface area contributed by atoms with Crippen molar-refractivity contribution in [2.75, 3.05) is 13.2 Å². The van der Waals surface area contributed by atoms with Gasteiger partial charge in [-0.25, -0.2) is 4.79 Å². The predicted octanol–water partition coefficient (Wildman–Crippen LogP) is -1.53. The molecule has 7 N–H and O–H groups in total. The summed E-state index contributed by atoms with van der Waals surface area (Å²) in [6.07, 6.45) is -5.16. The molecule has 3 aliphatic rings. The molecule has 1 aromatic carbocycles. The Kier molecular flexibility index (Phi) is 7.09. The highest BCUT2D eigenvalue weighted by molar-refractivity contribution is 5.90. The number of aromatic hydroxyl groups is 2. The fourth-order valence-electron chi connectivity index (χ4n) is 4.24. The summed E-state index contributed by atoms with van der Waals surface area (Å²) in [4.78, 5) is 12.4. The lowest BCUT2D eigenvalue weighted by Gasteiger charge is -2.42. The number of hydrogen-bond donors (Lipinski definition) is 7. The summed E-state index contributed by atoms with van der Waals surface area (Å²) in [5, 5.41) is 69.0. The number of phenols is 2. The van der Waals surface area contributed by atoms with E-state index in [4.69, 9.17) is 18.9 Å². The molecule has 1 saturated heterocycles. The number of esters is 1. The Labute approximate surface area is 193 Å². The fourth-order valence-corrected chi connectivity index (χ4v) is 4.24. The Morgan fingerprint density at radius 2 is 1.76 bits per heavy atom. The number of carbonyl (C=O) groups is 1. The van der Waals surface area contributed by atoms with E-state index in [0.29, 0.717) is 5.57 Å². The molecule has 0 bridgehead atoms. The van der Waals surface area contributed by atoms with Crippen LogP contribution in [0.2, 0.25) is 0 Å². The number of fused-ring (bicyclic) bond motifs is 1. The highest BCUT2D eigenvalue weighted by Gasteiger charge is 2.49. The topological polar surface area (TPSA) is 196 Å². The van der Waals surface area contributed by atoms with Crippen LogP contribution in [0, 0.1) is 11.8 Å². The molecule has 12 nitrogen and oxygen atoms in total. The van der Waals surface area contributed by atoms with E-state index in [1.54, 1.807) is 6.08 Å². The van der Waals surface area contributed by atoms with Gasteiger partial charge in [0.2, 0.25) is 6.29 Å². The second kappa shape index (κ2) is 9.88. The van der Waals surface area contributed by atoms with E-state index in [2.05, 4.69) is 0 Å². The maximum absolute atomic E-state index is 12.4. The third-order valence-electron chi connectivity index (χ3n) is 6.13. The third kappa shape index (κ3) is 4.61. The smallest absolute Gasteiger partial charge is 0.338 e. The Bertz CT molecular complexity index is 959. The number of hydrogen-bond acceptors (Lipinski definition) is 12. The van der Waals surface area contributed by atoms with Crippen LogP contribution in [0.15, 0.2) is 42.2 Å². The van der Waals surface area contributed by atoms with Gasteiger partial charge in [-0.15, -0.1) is 0 Å². The third-order valence-corrected chi connectivity index (χ3v) is 6.13. The SMILES string of the molecule is O=C(OCC1=C[C@@H](O)[C@@H]2C=CO[C@@H](OC3OC(CO)C(O)C(O)C3O)[C@H]12)c1ccc(O)c(O)c1. The van der Waals surface area contributed by atoms with E-state index in [-0.39, 0.29) is 17.9 Å². The zero-order valence-corrected chi connectivity index (χ0v) is 17.7. The normalized spacial score (nSPS) is 37.0. The number of rotatable bonds is 6. The average molecular weight is 482 g/mol. The molecule has 9 atom stereocenters. The van der Waals surface area contributed by atoms with Crippen molar-refractivity contribution in [2.24, 2.45) is 11.8 Å². The molecule has 5 unspecified atom stereocenters. The Hall–Kier alpha value is -2.71. The Morgan fingerprint density at radius 1 is 1.00 bits per heavy atom. The van der Waals surface area contributed by atoms with Crippen molar-refractivity contribution in [2.45, 2.75) is 43.1 Å². The van der Waals surface area contributed by atoms with E-state index in [0.717, 1.165) is 12.1 Å². The molecule has 1 aliphatic carbocycles. The predicted molar refractivity (Wildman–Crippen MR) is 110 cm³/mol. The maximum atomic E-state index is 12.4. The minimum absolute atomic E-state index is 0.0000890. The van der Waals surface area contributed by atoms with Gasteiger partial charge in [0.1, 0.15) is 31.0 Å². The van der Waals surface area contributed by atoms with Crippen LogP contribution in [0.5, 0.6) is 11.5 Å². The first-order chi connectivity index (χ1) is 16.2. The average Bonchev–Trinajstić information content (AvgIpc) is 3.16. The molecular weight excluding hydrogens is 456 g/mol. The van der Waals surface area contributed by atoms with Gasteiger partial charge < -0.3 is 54.7 Å². The summed E-state index contributed by atoms with van der Waals surface area (Å²) in [6, 6.07) is 3.47. The van der Waals surface area contributed by atoms with Gasteiger partial charge in [0.15, 0.2) is 17.8 Å². The molecule has 0 amide bonds. The van der Waals surface area contributed by atoms with Gasteiger partial charge >= 0.3 is 5.97 Å². The molecule has 1 aromatic rings. The van der Waals surface area contributed by atoms with Crippen LogP contribution in [-0.2, 0) is 18.9 Å². The summed E-state index contributed by atoms with van der Waals surface area (Å²) < 4.78 is 21.9. The Balaban J connectivity index is 1.46. The van der Waals surface area contributed by atoms with E-state index in [9.17, 15) is 40.5 Å². The van der Waals surface area contributed by atoms with Crippen LogP contribution < -0.4 is 0 Å². The molecule has 0 spiro atoms. The molecule has 186 valence electrons. The number of aliphatic hydroxyl groups is 5. The van der Waals surface area contributed by atoms with Crippen molar-refractivity contribution in [3.63, 3.8) is 0 Å². The van der Waals surface area contributed by atoms with E-state index in [1.165, 1.54) is 18.4 Å². The number of phenolic OH excluding ortho intramolecular Hbond substituents is 2. The van der Waals surface area contributed by atoms with Crippen LogP contribution in [0.3, 0.4) is 0 Å². The second-order valence-electron chi connectivity index (χ2n) is 8.28. The Morgan fingerprint density at radius 3 is 2.47 bits per heavy atom. The molecule has 4 rings (SSSR count). The van der Waals surface area contributed by atoms with E-state index < -0.39 is 73.3 Å². The van der Waals surface area contributed by atoms with Gasteiger partial charge in [-0.3, -0.25) is 0 Å². The molecule has 0 aromatic heterocycles. The number of aliphatic hydroxyl groups excluding tert-OH is 5. The van der Waals surface area contributed by atoms with Crippen LogP contribution in [0.4, 0.5) is 0 Å². The monoisotopic (exact) mass is 482 g/mol. The summed E-state index contributed by atoms with van der Waals surface area (Å²) in [5.74, 6) is -2.82. The first kappa shape index (κ1) is 24.4. The van der Waals surface area contributed by atoms with E-state index >= 15 is 0 Å². The quantitative estimate of drug-likeness (QED) is 0.141. The van der Waals surface area contributed by atoms with Crippen molar-refractivity contribution in [1.82, 2.24) is 0 Å². The zero-order chi connectivity index (χ0) is 24.6. The maximum Gasteiger partial charge on any atom is 0.338 e. The van der Waals surface area contributed by atoms with Gasteiger partial charge in [0.05, 0.1) is 30.5 Å². The van der Waals surface area contributed by atoms with Crippen molar-refractivity contribution in [3.8, 4) is 11.5 Å². The molecule has 0 radical (unpaired) electrons. The summed E-state index contributed by atoms with van der Waals surface area (Å²) in [5.41, 5.74) is 0.452. The lowest BCUT2D eigenvalue weighted by Crippen LogP contribution is -2.60.